The number of carbonyl (C=O) groups is 1. The van der Waals surface area contributed by atoms with Crippen LogP contribution in [0.5, 0.6) is 0 Å². The number of allylic oxidation sites excluding steroid dienone is 1. The molecule has 5 atom stereocenters. The molecule has 0 amide bonds. The number of aliphatic hydroxyl groups excluding tert-OH is 1. The lowest BCUT2D eigenvalue weighted by atomic mass is 9.95. The minimum Gasteiger partial charge on any atom is -0.453 e. The predicted molar refractivity (Wildman–Crippen MR) is 83.1 cm³/mol. The molecule has 0 bridgehead atoms. The van der Waals surface area contributed by atoms with Crippen molar-refractivity contribution < 1.29 is 19.4 Å². The smallest absolute Gasteiger partial charge is 0.338 e. The minimum absolute atomic E-state index is 0.0393. The Bertz CT molecular complexity index is 531. The molecule has 120 valence electrons. The second-order valence-corrected chi connectivity index (χ2v) is 5.80. The minimum atomic E-state index is -1.12. The zero-order valence-electron chi connectivity index (χ0n) is 13.2. The van der Waals surface area contributed by atoms with Gasteiger partial charge in [-0.1, -0.05) is 31.7 Å². The van der Waals surface area contributed by atoms with E-state index in [1.165, 1.54) is 0 Å². The van der Waals surface area contributed by atoms with E-state index in [-0.39, 0.29) is 18.1 Å². The van der Waals surface area contributed by atoms with Crippen molar-refractivity contribution in [3.05, 3.63) is 48.2 Å². The van der Waals surface area contributed by atoms with Crippen LogP contribution in [0.4, 0.5) is 0 Å². The summed E-state index contributed by atoms with van der Waals surface area (Å²) in [4.78, 5) is 12.1. The van der Waals surface area contributed by atoms with Crippen LogP contribution in [0.1, 0.15) is 31.1 Å². The van der Waals surface area contributed by atoms with Gasteiger partial charge in [0.15, 0.2) is 12.4 Å². The molecule has 1 aromatic carbocycles. The van der Waals surface area contributed by atoms with Gasteiger partial charge in [0.05, 0.1) is 11.7 Å². The van der Waals surface area contributed by atoms with Crippen LogP contribution in [0.2, 0.25) is 0 Å². The summed E-state index contributed by atoms with van der Waals surface area (Å²) in [5.74, 6) is -0.592. The van der Waals surface area contributed by atoms with Gasteiger partial charge < -0.3 is 19.9 Å². The summed E-state index contributed by atoms with van der Waals surface area (Å²) >= 11 is 0. The lowest BCUT2D eigenvalue weighted by Gasteiger charge is -2.25. The fourth-order valence-electron chi connectivity index (χ4n) is 2.78. The molecule has 0 radical (unpaired) electrons. The first-order valence-corrected chi connectivity index (χ1v) is 7.41. The van der Waals surface area contributed by atoms with Crippen molar-refractivity contribution in [3.63, 3.8) is 0 Å². The van der Waals surface area contributed by atoms with E-state index in [0.717, 1.165) is 5.70 Å². The van der Waals surface area contributed by atoms with Crippen molar-refractivity contribution in [1.82, 2.24) is 5.32 Å². The summed E-state index contributed by atoms with van der Waals surface area (Å²) in [5.41, 5.74) is 1.28. The Labute approximate surface area is 130 Å². The molecule has 1 heterocycles. The molecule has 2 unspecified atom stereocenters. The van der Waals surface area contributed by atoms with Gasteiger partial charge in [-0.05, 0) is 26.0 Å². The van der Waals surface area contributed by atoms with E-state index in [4.69, 9.17) is 9.47 Å². The molecular weight excluding hydrogens is 282 g/mol. The molecule has 1 aliphatic rings. The largest absolute Gasteiger partial charge is 0.453 e. The maximum absolute atomic E-state index is 12.1. The summed E-state index contributed by atoms with van der Waals surface area (Å²) in [6, 6.07) is 8.68. The van der Waals surface area contributed by atoms with Crippen LogP contribution in [0.25, 0.3) is 0 Å². The molecule has 22 heavy (non-hydrogen) atoms. The second kappa shape index (κ2) is 6.94. The summed E-state index contributed by atoms with van der Waals surface area (Å²) in [6.07, 6.45) is -2.07. The van der Waals surface area contributed by atoms with Crippen LogP contribution < -0.4 is 5.32 Å². The zero-order chi connectivity index (χ0) is 16.3. The van der Waals surface area contributed by atoms with Gasteiger partial charge in [-0.3, -0.25) is 0 Å². The first-order chi connectivity index (χ1) is 10.4. The number of esters is 1. The van der Waals surface area contributed by atoms with Crippen LogP contribution in [-0.4, -0.2) is 35.6 Å². The highest BCUT2D eigenvalue weighted by atomic mass is 16.7. The SMILES string of the molecule is C=C(C)NC(C)[C@H]1O[C@@H](O)C(OC(=O)c2ccccc2)[C@H]1C. The zero-order valence-corrected chi connectivity index (χ0v) is 13.2. The van der Waals surface area contributed by atoms with Crippen molar-refractivity contribution in [2.24, 2.45) is 5.92 Å². The Hall–Kier alpha value is -1.85. The van der Waals surface area contributed by atoms with Crippen LogP contribution in [0.15, 0.2) is 42.6 Å². The fourth-order valence-corrected chi connectivity index (χ4v) is 2.78. The van der Waals surface area contributed by atoms with Gasteiger partial charge in [-0.2, -0.15) is 0 Å². The van der Waals surface area contributed by atoms with Crippen LogP contribution in [-0.2, 0) is 9.47 Å². The maximum Gasteiger partial charge on any atom is 0.338 e. The average Bonchev–Trinajstić information content (AvgIpc) is 2.75. The van der Waals surface area contributed by atoms with E-state index in [9.17, 15) is 9.90 Å². The third-order valence-corrected chi connectivity index (χ3v) is 3.83. The van der Waals surface area contributed by atoms with Crippen LogP contribution in [0.3, 0.4) is 0 Å². The molecule has 1 saturated heterocycles. The summed E-state index contributed by atoms with van der Waals surface area (Å²) < 4.78 is 11.0. The Morgan fingerprint density at radius 3 is 2.64 bits per heavy atom. The fraction of sp³-hybridized carbons (Fsp3) is 0.471. The lowest BCUT2D eigenvalue weighted by molar-refractivity contribution is -0.133. The van der Waals surface area contributed by atoms with E-state index in [0.29, 0.717) is 5.56 Å². The molecule has 1 aliphatic heterocycles. The summed E-state index contributed by atoms with van der Waals surface area (Å²) in [6.45, 7) is 9.52. The third-order valence-electron chi connectivity index (χ3n) is 3.83. The molecular formula is C17H23NO4. The van der Waals surface area contributed by atoms with Crippen molar-refractivity contribution in [2.45, 2.75) is 45.3 Å². The predicted octanol–water partition coefficient (Wildman–Crippen LogP) is 2.08. The number of ether oxygens (including phenoxy) is 2. The molecule has 2 rings (SSSR count). The van der Waals surface area contributed by atoms with Gasteiger partial charge in [0, 0.05) is 17.7 Å². The summed E-state index contributed by atoms with van der Waals surface area (Å²) in [7, 11) is 0. The van der Waals surface area contributed by atoms with Crippen LogP contribution >= 0.6 is 0 Å². The Morgan fingerprint density at radius 2 is 2.05 bits per heavy atom. The Morgan fingerprint density at radius 1 is 1.41 bits per heavy atom. The summed E-state index contributed by atoms with van der Waals surface area (Å²) in [5, 5.41) is 13.2. The van der Waals surface area contributed by atoms with E-state index < -0.39 is 18.4 Å². The highest BCUT2D eigenvalue weighted by Crippen LogP contribution is 2.31. The highest BCUT2D eigenvalue weighted by molar-refractivity contribution is 5.89. The van der Waals surface area contributed by atoms with Gasteiger partial charge in [-0.25, -0.2) is 4.79 Å². The van der Waals surface area contributed by atoms with Gasteiger partial charge in [0.2, 0.25) is 0 Å². The first-order valence-electron chi connectivity index (χ1n) is 7.41. The number of rotatable bonds is 5. The van der Waals surface area contributed by atoms with Gasteiger partial charge in [-0.15, -0.1) is 0 Å². The molecule has 0 aromatic heterocycles. The second-order valence-electron chi connectivity index (χ2n) is 5.80. The normalized spacial score (nSPS) is 28.9. The molecule has 5 heteroatoms. The van der Waals surface area contributed by atoms with Crippen molar-refractivity contribution in [1.29, 1.82) is 0 Å². The quantitative estimate of drug-likeness (QED) is 0.815. The molecule has 5 nitrogen and oxygen atoms in total. The molecule has 0 saturated carbocycles. The number of aliphatic hydroxyl groups is 1. The first kappa shape index (κ1) is 16.5. The van der Waals surface area contributed by atoms with Gasteiger partial charge in [0.1, 0.15) is 0 Å². The number of carbonyl (C=O) groups excluding carboxylic acids is 1. The van der Waals surface area contributed by atoms with Crippen molar-refractivity contribution >= 4 is 5.97 Å². The van der Waals surface area contributed by atoms with E-state index in [1.807, 2.05) is 26.8 Å². The van der Waals surface area contributed by atoms with Crippen molar-refractivity contribution in [3.8, 4) is 0 Å². The van der Waals surface area contributed by atoms with Gasteiger partial charge in [0.25, 0.3) is 0 Å². The topological polar surface area (TPSA) is 67.8 Å². The number of benzene rings is 1. The monoisotopic (exact) mass is 305 g/mol. The standard InChI is InChI=1S/C17H23NO4/c1-10(2)18-12(4)14-11(3)15(17(20)21-14)22-16(19)13-8-6-5-7-9-13/h5-9,11-12,14-15,17-18,20H,1H2,2-4H3/t11-,12?,14-,15?,17+/m0/s1. The van der Waals surface area contributed by atoms with E-state index >= 15 is 0 Å². The van der Waals surface area contributed by atoms with Gasteiger partial charge >= 0.3 is 5.97 Å². The lowest BCUT2D eigenvalue weighted by Crippen LogP contribution is -2.40. The maximum atomic E-state index is 12.1. The number of nitrogens with one attached hydrogen (secondary N) is 1. The molecule has 0 aliphatic carbocycles. The Balaban J connectivity index is 2.03. The van der Waals surface area contributed by atoms with Crippen molar-refractivity contribution in [2.75, 3.05) is 0 Å². The number of hydrogen-bond donors (Lipinski definition) is 2. The molecule has 2 N–H and O–H groups in total. The van der Waals surface area contributed by atoms with Crippen LogP contribution in [0, 0.1) is 5.92 Å². The third kappa shape index (κ3) is 3.67. The van der Waals surface area contributed by atoms with E-state index in [2.05, 4.69) is 11.9 Å². The average molecular weight is 305 g/mol. The van der Waals surface area contributed by atoms with E-state index in [1.54, 1.807) is 24.3 Å². The molecule has 0 spiro atoms. The molecule has 1 aromatic rings. The Kier molecular flexibility index (Phi) is 5.21. The molecule has 1 fully saturated rings. The highest BCUT2D eigenvalue weighted by Gasteiger charge is 2.45. The number of hydrogen-bond acceptors (Lipinski definition) is 5.